The van der Waals surface area contributed by atoms with Crippen LogP contribution in [0.5, 0.6) is 5.75 Å². The standard InChI is InChI=1S/C26H26F3NO4S/c1-25(2,3)23(20-12-13-21(35-20)24(33)30-15-14-22(31)32)34-19-10-6-17(7-11-19)16-4-8-18(9-5-16)26(27,28)29/h4-13,23H,14-15H2,1-3H3,(H,30,33)(H,31,32). The lowest BCUT2D eigenvalue weighted by molar-refractivity contribution is -0.138. The Morgan fingerprint density at radius 2 is 1.51 bits per heavy atom. The molecule has 0 radical (unpaired) electrons. The van der Waals surface area contributed by atoms with Gasteiger partial charge in [0.25, 0.3) is 5.91 Å². The highest BCUT2D eigenvalue weighted by molar-refractivity contribution is 7.14. The van der Waals surface area contributed by atoms with Gasteiger partial charge in [-0.2, -0.15) is 13.2 Å². The molecule has 0 bridgehead atoms. The molecule has 35 heavy (non-hydrogen) atoms. The molecule has 186 valence electrons. The lowest BCUT2D eigenvalue weighted by atomic mass is 9.88. The molecular weight excluding hydrogens is 479 g/mol. The molecule has 0 aliphatic heterocycles. The van der Waals surface area contributed by atoms with Crippen molar-refractivity contribution in [1.82, 2.24) is 5.32 Å². The molecule has 0 fully saturated rings. The number of carboxylic acids is 1. The average Bonchev–Trinajstić information content (AvgIpc) is 3.26. The fraction of sp³-hybridized carbons (Fsp3) is 0.308. The van der Waals surface area contributed by atoms with E-state index in [-0.39, 0.29) is 30.4 Å². The first kappa shape index (κ1) is 26.3. The van der Waals surface area contributed by atoms with Gasteiger partial charge in [0.1, 0.15) is 11.9 Å². The maximum absolute atomic E-state index is 12.8. The third-order valence-corrected chi connectivity index (χ3v) is 6.30. The molecule has 9 heteroatoms. The SMILES string of the molecule is CC(C)(C)C(Oc1ccc(-c2ccc(C(F)(F)F)cc2)cc1)c1ccc(C(=O)NCCC(=O)O)s1. The lowest BCUT2D eigenvalue weighted by Gasteiger charge is -2.30. The van der Waals surface area contributed by atoms with Crippen LogP contribution in [0.15, 0.2) is 60.7 Å². The van der Waals surface area contributed by atoms with Crippen LogP contribution in [0.4, 0.5) is 13.2 Å². The van der Waals surface area contributed by atoms with E-state index in [1.807, 2.05) is 26.8 Å². The van der Waals surface area contributed by atoms with Crippen molar-refractivity contribution >= 4 is 23.2 Å². The molecule has 5 nitrogen and oxygen atoms in total. The lowest BCUT2D eigenvalue weighted by Crippen LogP contribution is -2.25. The van der Waals surface area contributed by atoms with Crippen LogP contribution in [0.1, 0.15) is 53.4 Å². The van der Waals surface area contributed by atoms with Gasteiger partial charge in [-0.15, -0.1) is 11.3 Å². The van der Waals surface area contributed by atoms with Crippen molar-refractivity contribution < 1.29 is 32.6 Å². The first-order chi connectivity index (χ1) is 16.3. The molecule has 3 rings (SSSR count). The molecule has 1 unspecified atom stereocenters. The maximum atomic E-state index is 12.8. The molecule has 3 aromatic rings. The summed E-state index contributed by atoms with van der Waals surface area (Å²) in [7, 11) is 0. The van der Waals surface area contributed by atoms with Crippen molar-refractivity contribution in [2.75, 3.05) is 6.54 Å². The summed E-state index contributed by atoms with van der Waals surface area (Å²) in [4.78, 5) is 24.3. The second-order valence-corrected chi connectivity index (χ2v) is 10.2. The second-order valence-electron chi connectivity index (χ2n) is 9.07. The molecular formula is C26H26F3NO4S. The van der Waals surface area contributed by atoms with Crippen LogP contribution < -0.4 is 10.1 Å². The Morgan fingerprint density at radius 1 is 0.943 bits per heavy atom. The van der Waals surface area contributed by atoms with Crippen molar-refractivity contribution in [3.8, 4) is 16.9 Å². The van der Waals surface area contributed by atoms with Crippen LogP contribution in [0.3, 0.4) is 0 Å². The largest absolute Gasteiger partial charge is 0.484 e. The Balaban J connectivity index is 1.73. The third-order valence-electron chi connectivity index (χ3n) is 5.17. The molecule has 0 saturated heterocycles. The van der Waals surface area contributed by atoms with E-state index < -0.39 is 17.7 Å². The number of carbonyl (C=O) groups excluding carboxylic acids is 1. The number of hydrogen-bond donors (Lipinski definition) is 2. The zero-order valence-corrected chi connectivity index (χ0v) is 20.3. The van der Waals surface area contributed by atoms with E-state index in [0.29, 0.717) is 16.2 Å². The van der Waals surface area contributed by atoms with Crippen molar-refractivity contribution in [3.05, 3.63) is 76.0 Å². The Labute approximate surface area is 205 Å². The summed E-state index contributed by atoms with van der Waals surface area (Å²) in [6.07, 6.45) is -4.90. The number of hydrogen-bond acceptors (Lipinski definition) is 4. The Morgan fingerprint density at radius 3 is 2.03 bits per heavy atom. The first-order valence-electron chi connectivity index (χ1n) is 10.9. The van der Waals surface area contributed by atoms with Crippen LogP contribution in [-0.4, -0.2) is 23.5 Å². The number of rotatable bonds is 8. The number of ether oxygens (including phenoxy) is 1. The number of aliphatic carboxylic acids is 1. The van der Waals surface area contributed by atoms with Gasteiger partial charge >= 0.3 is 12.1 Å². The number of nitrogens with one attached hydrogen (secondary N) is 1. The van der Waals surface area contributed by atoms with Crippen LogP contribution in [0.25, 0.3) is 11.1 Å². The normalized spacial score (nSPS) is 12.7. The topological polar surface area (TPSA) is 75.6 Å². The number of halogens is 3. The van der Waals surface area contributed by atoms with Gasteiger partial charge in [0.15, 0.2) is 0 Å². The summed E-state index contributed by atoms with van der Waals surface area (Å²) in [5, 5.41) is 11.3. The summed E-state index contributed by atoms with van der Waals surface area (Å²) in [5.41, 5.74) is 0.414. The number of carboxylic acid groups (broad SMARTS) is 1. The summed E-state index contributed by atoms with van der Waals surface area (Å²) in [6.45, 7) is 6.09. The fourth-order valence-electron chi connectivity index (χ4n) is 3.36. The van der Waals surface area contributed by atoms with Crippen LogP contribution >= 0.6 is 11.3 Å². The summed E-state index contributed by atoms with van der Waals surface area (Å²) in [5.74, 6) is -0.736. The van der Waals surface area contributed by atoms with Crippen molar-refractivity contribution in [2.45, 2.75) is 39.5 Å². The maximum Gasteiger partial charge on any atom is 0.416 e. The Hall–Kier alpha value is -3.33. The van der Waals surface area contributed by atoms with Crippen LogP contribution in [0.2, 0.25) is 0 Å². The average molecular weight is 506 g/mol. The number of carbonyl (C=O) groups is 2. The molecule has 1 aromatic heterocycles. The van der Waals surface area contributed by atoms with Crippen LogP contribution in [0, 0.1) is 5.41 Å². The van der Waals surface area contributed by atoms with Gasteiger partial charge in [-0.3, -0.25) is 9.59 Å². The van der Waals surface area contributed by atoms with Gasteiger partial charge in [-0.25, -0.2) is 0 Å². The van der Waals surface area contributed by atoms with Crippen molar-refractivity contribution in [2.24, 2.45) is 5.41 Å². The monoisotopic (exact) mass is 505 g/mol. The molecule has 0 aliphatic rings. The quantitative estimate of drug-likeness (QED) is 0.353. The van der Waals surface area contributed by atoms with E-state index in [9.17, 15) is 22.8 Å². The molecule has 2 aromatic carbocycles. The minimum absolute atomic E-state index is 0.0475. The number of amides is 1. The minimum Gasteiger partial charge on any atom is -0.484 e. The Bertz CT molecular complexity index is 1160. The zero-order valence-electron chi connectivity index (χ0n) is 19.5. The molecule has 1 heterocycles. The van der Waals surface area contributed by atoms with E-state index in [1.165, 1.54) is 23.5 Å². The van der Waals surface area contributed by atoms with E-state index in [2.05, 4.69) is 5.32 Å². The van der Waals surface area contributed by atoms with Gasteiger partial charge < -0.3 is 15.2 Å². The van der Waals surface area contributed by atoms with Crippen molar-refractivity contribution in [3.63, 3.8) is 0 Å². The van der Waals surface area contributed by atoms with Gasteiger partial charge in [0.05, 0.1) is 16.9 Å². The smallest absolute Gasteiger partial charge is 0.416 e. The number of thiophene rings is 1. The highest BCUT2D eigenvalue weighted by Gasteiger charge is 2.31. The first-order valence-corrected chi connectivity index (χ1v) is 11.7. The van der Waals surface area contributed by atoms with Gasteiger partial charge in [0, 0.05) is 16.8 Å². The highest BCUT2D eigenvalue weighted by Crippen LogP contribution is 2.40. The molecule has 2 N–H and O–H groups in total. The second kappa shape index (κ2) is 10.5. The van der Waals surface area contributed by atoms with E-state index in [4.69, 9.17) is 9.84 Å². The zero-order chi connectivity index (χ0) is 25.8. The summed E-state index contributed by atoms with van der Waals surface area (Å²) in [6, 6.07) is 15.6. The molecule has 1 amide bonds. The number of alkyl halides is 3. The Kier molecular flexibility index (Phi) is 7.90. The third kappa shape index (κ3) is 7.08. The number of benzene rings is 2. The summed E-state index contributed by atoms with van der Waals surface area (Å²) >= 11 is 1.28. The molecule has 0 aliphatic carbocycles. The fourth-order valence-corrected chi connectivity index (χ4v) is 4.56. The van der Waals surface area contributed by atoms with E-state index in [1.54, 1.807) is 30.3 Å². The molecule has 1 atom stereocenters. The van der Waals surface area contributed by atoms with E-state index in [0.717, 1.165) is 22.6 Å². The van der Waals surface area contributed by atoms with Crippen molar-refractivity contribution in [1.29, 1.82) is 0 Å². The molecule has 0 saturated carbocycles. The molecule has 0 spiro atoms. The van der Waals surface area contributed by atoms with Gasteiger partial charge in [0.2, 0.25) is 0 Å². The predicted molar refractivity (Wildman–Crippen MR) is 129 cm³/mol. The van der Waals surface area contributed by atoms with Gasteiger partial charge in [-0.05, 0) is 47.5 Å². The van der Waals surface area contributed by atoms with Crippen LogP contribution in [-0.2, 0) is 11.0 Å². The minimum atomic E-state index is -4.38. The predicted octanol–water partition coefficient (Wildman–Crippen LogP) is 6.80. The summed E-state index contributed by atoms with van der Waals surface area (Å²) < 4.78 is 44.7. The highest BCUT2D eigenvalue weighted by atomic mass is 32.1. The van der Waals surface area contributed by atoms with E-state index >= 15 is 0 Å². The van der Waals surface area contributed by atoms with Gasteiger partial charge in [-0.1, -0.05) is 45.0 Å².